The lowest BCUT2D eigenvalue weighted by Gasteiger charge is -2.25. The molecule has 7 heteroatoms. The summed E-state index contributed by atoms with van der Waals surface area (Å²) >= 11 is 0. The normalized spacial score (nSPS) is 12.9. The Morgan fingerprint density at radius 3 is 2.69 bits per heavy atom. The van der Waals surface area contributed by atoms with Gasteiger partial charge in [0.15, 0.2) is 0 Å². The molecule has 0 saturated heterocycles. The molecule has 0 aliphatic carbocycles. The SMILES string of the molecule is CC(C)(CNCc1cnc[nH]1)NS(C)(=O)=O. The van der Waals surface area contributed by atoms with Gasteiger partial charge >= 0.3 is 0 Å². The molecule has 1 aromatic rings. The van der Waals surface area contributed by atoms with Gasteiger partial charge in [-0.2, -0.15) is 0 Å². The fourth-order valence-electron chi connectivity index (χ4n) is 1.43. The van der Waals surface area contributed by atoms with E-state index in [1.165, 1.54) is 0 Å². The number of rotatable bonds is 6. The molecular weight excluding hydrogens is 228 g/mol. The Morgan fingerprint density at radius 1 is 1.50 bits per heavy atom. The number of aromatic amines is 1. The summed E-state index contributed by atoms with van der Waals surface area (Å²) in [4.78, 5) is 6.85. The van der Waals surface area contributed by atoms with Crippen LogP contribution in [0.1, 0.15) is 19.5 Å². The summed E-state index contributed by atoms with van der Waals surface area (Å²) in [5, 5.41) is 3.15. The number of sulfonamides is 1. The molecule has 0 aliphatic heterocycles. The Labute approximate surface area is 95.9 Å². The highest BCUT2D eigenvalue weighted by atomic mass is 32.2. The minimum absolute atomic E-state index is 0.506. The molecule has 0 unspecified atom stereocenters. The quantitative estimate of drug-likeness (QED) is 0.650. The first-order valence-electron chi connectivity index (χ1n) is 4.95. The number of hydrogen-bond acceptors (Lipinski definition) is 4. The number of imidazole rings is 1. The van der Waals surface area contributed by atoms with E-state index < -0.39 is 15.6 Å². The van der Waals surface area contributed by atoms with Gasteiger partial charge in [-0.3, -0.25) is 0 Å². The summed E-state index contributed by atoms with van der Waals surface area (Å²) in [6.07, 6.45) is 4.49. The largest absolute Gasteiger partial charge is 0.347 e. The molecule has 0 amide bonds. The second kappa shape index (κ2) is 4.94. The van der Waals surface area contributed by atoms with Crippen molar-refractivity contribution in [2.24, 2.45) is 0 Å². The van der Waals surface area contributed by atoms with Crippen LogP contribution < -0.4 is 10.0 Å². The number of nitrogens with one attached hydrogen (secondary N) is 3. The second-order valence-electron chi connectivity index (χ2n) is 4.44. The average Bonchev–Trinajstić information content (AvgIpc) is 2.51. The molecule has 0 atom stereocenters. The lowest BCUT2D eigenvalue weighted by Crippen LogP contribution is -2.49. The highest BCUT2D eigenvalue weighted by Gasteiger charge is 2.21. The van der Waals surface area contributed by atoms with Crippen molar-refractivity contribution in [2.45, 2.75) is 25.9 Å². The predicted octanol–water partition coefficient (Wildman–Crippen LogP) is -0.173. The van der Waals surface area contributed by atoms with E-state index in [-0.39, 0.29) is 0 Å². The van der Waals surface area contributed by atoms with E-state index >= 15 is 0 Å². The third-order valence-corrected chi connectivity index (χ3v) is 2.82. The van der Waals surface area contributed by atoms with Crippen molar-refractivity contribution in [3.63, 3.8) is 0 Å². The van der Waals surface area contributed by atoms with Crippen molar-refractivity contribution in [1.29, 1.82) is 0 Å². The zero-order valence-electron chi connectivity index (χ0n) is 9.74. The number of nitrogens with zero attached hydrogens (tertiary/aromatic N) is 1. The van der Waals surface area contributed by atoms with Crippen LogP contribution in [0.3, 0.4) is 0 Å². The van der Waals surface area contributed by atoms with Crippen molar-refractivity contribution in [3.05, 3.63) is 18.2 Å². The minimum atomic E-state index is -3.18. The van der Waals surface area contributed by atoms with E-state index in [1.807, 2.05) is 13.8 Å². The van der Waals surface area contributed by atoms with Gasteiger partial charge in [0.1, 0.15) is 0 Å². The fraction of sp³-hybridized carbons (Fsp3) is 0.667. The van der Waals surface area contributed by atoms with Gasteiger partial charge in [0.25, 0.3) is 0 Å². The van der Waals surface area contributed by atoms with E-state index in [2.05, 4.69) is 20.0 Å². The van der Waals surface area contributed by atoms with Gasteiger partial charge in [-0.15, -0.1) is 0 Å². The van der Waals surface area contributed by atoms with Gasteiger partial charge in [0.2, 0.25) is 10.0 Å². The molecule has 0 bridgehead atoms. The van der Waals surface area contributed by atoms with Crippen LogP contribution in [0.4, 0.5) is 0 Å². The molecule has 16 heavy (non-hydrogen) atoms. The van der Waals surface area contributed by atoms with Gasteiger partial charge < -0.3 is 10.3 Å². The van der Waals surface area contributed by atoms with Crippen molar-refractivity contribution < 1.29 is 8.42 Å². The molecule has 3 N–H and O–H groups in total. The van der Waals surface area contributed by atoms with Crippen LogP contribution in [0.25, 0.3) is 0 Å². The maximum Gasteiger partial charge on any atom is 0.209 e. The van der Waals surface area contributed by atoms with Crippen LogP contribution >= 0.6 is 0 Å². The standard InChI is InChI=1S/C9H18N4O2S/c1-9(2,13-16(3,14)15)6-10-4-8-5-11-7-12-8/h5,7,10,13H,4,6H2,1-3H3,(H,11,12). The maximum atomic E-state index is 11.1. The zero-order chi connectivity index (χ0) is 12.2. The van der Waals surface area contributed by atoms with E-state index in [4.69, 9.17) is 0 Å². The lowest BCUT2D eigenvalue weighted by atomic mass is 10.1. The number of hydrogen-bond donors (Lipinski definition) is 3. The van der Waals surface area contributed by atoms with Crippen LogP contribution in [-0.4, -0.2) is 36.7 Å². The van der Waals surface area contributed by atoms with Crippen LogP contribution in [0.15, 0.2) is 12.5 Å². The predicted molar refractivity (Wildman–Crippen MR) is 62.4 cm³/mol. The molecule has 6 nitrogen and oxygen atoms in total. The van der Waals surface area contributed by atoms with Crippen LogP contribution in [-0.2, 0) is 16.6 Å². The first-order chi connectivity index (χ1) is 7.29. The van der Waals surface area contributed by atoms with Gasteiger partial charge in [-0.1, -0.05) is 0 Å². The van der Waals surface area contributed by atoms with Crippen molar-refractivity contribution >= 4 is 10.0 Å². The van der Waals surface area contributed by atoms with Gasteiger partial charge in [-0.05, 0) is 13.8 Å². The molecule has 1 rings (SSSR count). The molecule has 0 aromatic carbocycles. The Morgan fingerprint density at radius 2 is 2.19 bits per heavy atom. The third kappa shape index (κ3) is 5.24. The number of H-pyrrole nitrogens is 1. The highest BCUT2D eigenvalue weighted by molar-refractivity contribution is 7.88. The topological polar surface area (TPSA) is 86.9 Å². The van der Waals surface area contributed by atoms with E-state index in [0.29, 0.717) is 13.1 Å². The summed E-state index contributed by atoms with van der Waals surface area (Å²) in [7, 11) is -3.18. The summed E-state index contributed by atoms with van der Waals surface area (Å²) in [6, 6.07) is 0. The Kier molecular flexibility index (Phi) is 4.06. The Bertz CT molecular complexity index is 411. The summed E-state index contributed by atoms with van der Waals surface area (Å²) in [5.74, 6) is 0. The maximum absolute atomic E-state index is 11.1. The van der Waals surface area contributed by atoms with Gasteiger partial charge in [0, 0.05) is 30.5 Å². The smallest absolute Gasteiger partial charge is 0.209 e. The summed E-state index contributed by atoms with van der Waals surface area (Å²) in [5.41, 5.74) is 0.461. The Hall–Kier alpha value is -0.920. The fourth-order valence-corrected chi connectivity index (χ4v) is 2.50. The second-order valence-corrected chi connectivity index (χ2v) is 6.19. The molecular formula is C9H18N4O2S. The molecule has 0 spiro atoms. The number of aromatic nitrogens is 2. The minimum Gasteiger partial charge on any atom is -0.347 e. The van der Waals surface area contributed by atoms with Crippen molar-refractivity contribution in [2.75, 3.05) is 12.8 Å². The third-order valence-electron chi connectivity index (χ3n) is 1.90. The molecule has 1 aromatic heterocycles. The lowest BCUT2D eigenvalue weighted by molar-refractivity contribution is 0.420. The zero-order valence-corrected chi connectivity index (χ0v) is 10.6. The molecule has 0 radical (unpaired) electrons. The summed E-state index contributed by atoms with van der Waals surface area (Å²) < 4.78 is 24.7. The van der Waals surface area contributed by atoms with E-state index in [9.17, 15) is 8.42 Å². The average molecular weight is 246 g/mol. The highest BCUT2D eigenvalue weighted by Crippen LogP contribution is 2.02. The molecule has 0 fully saturated rings. The van der Waals surface area contributed by atoms with Crippen LogP contribution in [0.5, 0.6) is 0 Å². The first-order valence-corrected chi connectivity index (χ1v) is 6.85. The van der Waals surface area contributed by atoms with E-state index in [0.717, 1.165) is 11.9 Å². The van der Waals surface area contributed by atoms with Gasteiger partial charge in [-0.25, -0.2) is 18.1 Å². The summed E-state index contributed by atoms with van der Waals surface area (Å²) in [6.45, 7) is 4.83. The Balaban J connectivity index is 2.36. The molecule has 0 aliphatic rings. The van der Waals surface area contributed by atoms with Crippen molar-refractivity contribution in [3.8, 4) is 0 Å². The van der Waals surface area contributed by atoms with Crippen LogP contribution in [0, 0.1) is 0 Å². The van der Waals surface area contributed by atoms with Gasteiger partial charge in [0.05, 0.1) is 12.6 Å². The van der Waals surface area contributed by atoms with E-state index in [1.54, 1.807) is 12.5 Å². The van der Waals surface area contributed by atoms with Crippen LogP contribution in [0.2, 0.25) is 0 Å². The molecule has 92 valence electrons. The van der Waals surface area contributed by atoms with Crippen molar-refractivity contribution in [1.82, 2.24) is 20.0 Å². The molecule has 0 saturated carbocycles. The first kappa shape index (κ1) is 13.1. The molecule has 1 heterocycles. The monoisotopic (exact) mass is 246 g/mol.